The molecule has 0 saturated carbocycles. The normalized spacial score (nSPS) is 10.8. The quantitative estimate of drug-likeness (QED) is 0.847. The van der Waals surface area contributed by atoms with E-state index in [4.69, 9.17) is 5.14 Å². The van der Waals surface area contributed by atoms with E-state index >= 15 is 0 Å². The average Bonchev–Trinajstić information content (AvgIpc) is 2.29. The molecule has 2 aromatic rings. The molecule has 2 aromatic carbocycles. The maximum atomic E-state index is 11.3. The third-order valence-electron chi connectivity index (χ3n) is 2.35. The van der Waals surface area contributed by atoms with Gasteiger partial charge in [-0.3, -0.25) is 0 Å². The number of fused-ring (bicyclic) bond motifs is 1. The average molecular weight is 251 g/mol. The highest BCUT2D eigenvalue weighted by Crippen LogP contribution is 2.21. The Morgan fingerprint density at radius 1 is 1.00 bits per heavy atom. The van der Waals surface area contributed by atoms with Crippen LogP contribution in [0.5, 0.6) is 0 Å². The van der Waals surface area contributed by atoms with Gasteiger partial charge in [0.2, 0.25) is 10.0 Å². The van der Waals surface area contributed by atoms with E-state index in [-0.39, 0.29) is 4.90 Å². The van der Waals surface area contributed by atoms with E-state index < -0.39 is 10.0 Å². The van der Waals surface area contributed by atoms with Gasteiger partial charge in [-0.1, -0.05) is 44.2 Å². The summed E-state index contributed by atoms with van der Waals surface area (Å²) in [6.07, 6.45) is 0. The van der Waals surface area contributed by atoms with Gasteiger partial charge in [0, 0.05) is 0 Å². The molecule has 0 aromatic heterocycles. The van der Waals surface area contributed by atoms with Gasteiger partial charge < -0.3 is 0 Å². The zero-order valence-electron chi connectivity index (χ0n) is 10.3. The number of hydrogen-bond donors (Lipinski definition) is 1. The molecule has 0 radical (unpaired) electrons. The largest absolute Gasteiger partial charge is 0.238 e. The summed E-state index contributed by atoms with van der Waals surface area (Å²) in [7, 11) is -3.62. The van der Waals surface area contributed by atoms with Gasteiger partial charge in [0.15, 0.2) is 0 Å². The Bertz CT molecular complexity index is 618. The molecular weight excluding hydrogens is 234 g/mol. The molecule has 0 heterocycles. The lowest BCUT2D eigenvalue weighted by Crippen LogP contribution is -2.13. The highest BCUT2D eigenvalue weighted by atomic mass is 32.2. The van der Waals surface area contributed by atoms with Crippen molar-refractivity contribution in [3.63, 3.8) is 0 Å². The van der Waals surface area contributed by atoms with E-state index in [1.54, 1.807) is 13.0 Å². The minimum Gasteiger partial charge on any atom is -0.225 e. The van der Waals surface area contributed by atoms with Crippen molar-refractivity contribution in [3.05, 3.63) is 42.0 Å². The van der Waals surface area contributed by atoms with Gasteiger partial charge in [-0.05, 0) is 29.3 Å². The van der Waals surface area contributed by atoms with Crippen LogP contribution in [0.25, 0.3) is 10.8 Å². The molecule has 2 rings (SSSR count). The first-order chi connectivity index (χ1) is 7.98. The van der Waals surface area contributed by atoms with Gasteiger partial charge in [-0.25, -0.2) is 13.6 Å². The van der Waals surface area contributed by atoms with Crippen molar-refractivity contribution in [2.45, 2.75) is 25.7 Å². The van der Waals surface area contributed by atoms with Crippen LogP contribution >= 0.6 is 0 Å². The lowest BCUT2D eigenvalue weighted by Gasteiger charge is -2.05. The van der Waals surface area contributed by atoms with E-state index in [2.05, 4.69) is 0 Å². The van der Waals surface area contributed by atoms with Gasteiger partial charge in [0.25, 0.3) is 0 Å². The van der Waals surface area contributed by atoms with Crippen LogP contribution in [0, 0.1) is 6.92 Å². The number of aryl methyl sites for hydroxylation is 1. The number of hydrogen-bond acceptors (Lipinski definition) is 2. The third kappa shape index (κ3) is 3.05. The van der Waals surface area contributed by atoms with E-state index in [0.29, 0.717) is 5.56 Å². The second-order valence-electron chi connectivity index (χ2n) is 3.51. The Labute approximate surface area is 102 Å². The molecule has 0 aliphatic rings. The molecule has 92 valence electrons. The van der Waals surface area contributed by atoms with Crippen LogP contribution < -0.4 is 5.14 Å². The van der Waals surface area contributed by atoms with Gasteiger partial charge in [0.1, 0.15) is 0 Å². The molecule has 0 aliphatic heterocycles. The molecule has 0 saturated heterocycles. The predicted octanol–water partition coefficient (Wildman–Crippen LogP) is 2.82. The zero-order valence-corrected chi connectivity index (χ0v) is 11.1. The SMILES string of the molecule is CC.Cc1cc2ccccc2cc1S(N)(=O)=O. The lowest BCUT2D eigenvalue weighted by molar-refractivity contribution is 0.597. The third-order valence-corrected chi connectivity index (χ3v) is 3.40. The molecule has 0 fully saturated rings. The van der Waals surface area contributed by atoms with Crippen LogP contribution in [0.2, 0.25) is 0 Å². The minimum atomic E-state index is -3.62. The van der Waals surface area contributed by atoms with Crippen molar-refractivity contribution in [1.82, 2.24) is 0 Å². The number of nitrogens with two attached hydrogens (primary N) is 1. The molecule has 0 amide bonds. The first-order valence-corrected chi connectivity index (χ1v) is 7.05. The molecule has 4 heteroatoms. The van der Waals surface area contributed by atoms with Crippen molar-refractivity contribution >= 4 is 20.8 Å². The van der Waals surface area contributed by atoms with Crippen molar-refractivity contribution in [2.75, 3.05) is 0 Å². The highest BCUT2D eigenvalue weighted by molar-refractivity contribution is 7.89. The molecule has 2 N–H and O–H groups in total. The summed E-state index contributed by atoms with van der Waals surface area (Å²) < 4.78 is 22.6. The van der Waals surface area contributed by atoms with Gasteiger partial charge in [-0.2, -0.15) is 0 Å². The maximum absolute atomic E-state index is 11.3. The van der Waals surface area contributed by atoms with Crippen LogP contribution in [0.4, 0.5) is 0 Å². The monoisotopic (exact) mass is 251 g/mol. The van der Waals surface area contributed by atoms with E-state index in [0.717, 1.165) is 10.8 Å². The standard InChI is InChI=1S/C11H11NO2S.C2H6/c1-8-6-9-4-2-3-5-10(9)7-11(8)15(12,13)14;1-2/h2-7H,1H3,(H2,12,13,14);1-2H3. The van der Waals surface area contributed by atoms with Crippen molar-refractivity contribution < 1.29 is 8.42 Å². The van der Waals surface area contributed by atoms with E-state index in [9.17, 15) is 8.42 Å². The maximum Gasteiger partial charge on any atom is 0.238 e. The van der Waals surface area contributed by atoms with Crippen LogP contribution in [-0.2, 0) is 10.0 Å². The Morgan fingerprint density at radius 2 is 1.47 bits per heavy atom. The summed E-state index contributed by atoms with van der Waals surface area (Å²) in [5, 5.41) is 7.02. The van der Waals surface area contributed by atoms with E-state index in [1.807, 2.05) is 44.2 Å². The van der Waals surface area contributed by atoms with Crippen molar-refractivity contribution in [2.24, 2.45) is 5.14 Å². The summed E-state index contributed by atoms with van der Waals surface area (Å²) in [6, 6.07) is 11.0. The molecule has 17 heavy (non-hydrogen) atoms. The molecular formula is C13H17NO2S. The van der Waals surface area contributed by atoms with E-state index in [1.165, 1.54) is 0 Å². The molecule has 0 aliphatic carbocycles. The summed E-state index contributed by atoms with van der Waals surface area (Å²) >= 11 is 0. The Kier molecular flexibility index (Phi) is 4.26. The molecule has 0 unspecified atom stereocenters. The second kappa shape index (κ2) is 5.29. The van der Waals surface area contributed by atoms with Crippen molar-refractivity contribution in [1.29, 1.82) is 0 Å². The van der Waals surface area contributed by atoms with Gasteiger partial charge in [-0.15, -0.1) is 0 Å². The predicted molar refractivity (Wildman–Crippen MR) is 71.4 cm³/mol. The molecule has 0 atom stereocenters. The summed E-state index contributed by atoms with van der Waals surface area (Å²) in [5.41, 5.74) is 0.677. The molecule has 3 nitrogen and oxygen atoms in total. The Hall–Kier alpha value is -1.39. The first-order valence-electron chi connectivity index (χ1n) is 5.51. The molecule has 0 spiro atoms. The number of benzene rings is 2. The fourth-order valence-electron chi connectivity index (χ4n) is 1.64. The zero-order chi connectivity index (χ0) is 13.1. The Morgan fingerprint density at radius 3 is 1.94 bits per heavy atom. The lowest BCUT2D eigenvalue weighted by atomic mass is 10.1. The second-order valence-corrected chi connectivity index (χ2v) is 5.04. The van der Waals surface area contributed by atoms with Crippen LogP contribution in [0.15, 0.2) is 41.3 Å². The Balaban J connectivity index is 0.000000686. The van der Waals surface area contributed by atoms with Crippen molar-refractivity contribution in [3.8, 4) is 0 Å². The number of primary sulfonamides is 1. The highest BCUT2D eigenvalue weighted by Gasteiger charge is 2.11. The fraction of sp³-hybridized carbons (Fsp3) is 0.231. The van der Waals surface area contributed by atoms with Crippen LogP contribution in [0.1, 0.15) is 19.4 Å². The van der Waals surface area contributed by atoms with Gasteiger partial charge in [0.05, 0.1) is 4.90 Å². The molecule has 0 bridgehead atoms. The summed E-state index contributed by atoms with van der Waals surface area (Å²) in [4.78, 5) is 0.196. The minimum absolute atomic E-state index is 0.196. The van der Waals surface area contributed by atoms with Gasteiger partial charge >= 0.3 is 0 Å². The number of rotatable bonds is 1. The number of sulfonamides is 1. The van der Waals surface area contributed by atoms with Crippen LogP contribution in [-0.4, -0.2) is 8.42 Å². The van der Waals surface area contributed by atoms with Crippen LogP contribution in [0.3, 0.4) is 0 Å². The summed E-state index contributed by atoms with van der Waals surface area (Å²) in [6.45, 7) is 5.74. The smallest absolute Gasteiger partial charge is 0.225 e. The topological polar surface area (TPSA) is 60.2 Å². The fourth-order valence-corrected chi connectivity index (χ4v) is 2.44. The summed E-state index contributed by atoms with van der Waals surface area (Å²) in [5.74, 6) is 0. The first kappa shape index (κ1) is 13.7.